The van der Waals surface area contributed by atoms with Crippen LogP contribution >= 0.6 is 0 Å². The van der Waals surface area contributed by atoms with Crippen molar-refractivity contribution in [1.82, 2.24) is 4.72 Å². The van der Waals surface area contributed by atoms with Crippen LogP contribution in [0.15, 0.2) is 112 Å². The Hall–Kier alpha value is -2.60. The molecule has 0 saturated carbocycles. The molecule has 0 amide bonds. The lowest BCUT2D eigenvalue weighted by Crippen LogP contribution is -2.27. The molecule has 0 bridgehead atoms. The van der Waals surface area contributed by atoms with E-state index in [0.29, 0.717) is 14.7 Å². The van der Waals surface area contributed by atoms with Gasteiger partial charge in [0.1, 0.15) is 11.0 Å². The molecule has 5 heteroatoms. The van der Waals surface area contributed by atoms with E-state index in [0.717, 1.165) is 16.7 Å². The monoisotopic (exact) mass is 435 g/mol. The van der Waals surface area contributed by atoms with Gasteiger partial charge in [0.2, 0.25) is 0 Å². The molecule has 0 aliphatic carbocycles. The van der Waals surface area contributed by atoms with Crippen molar-refractivity contribution in [2.75, 3.05) is 0 Å². The number of nitrogens with one attached hydrogen (secondary N) is 1. The molecule has 0 saturated heterocycles. The number of hydrogen-bond acceptors (Lipinski definition) is 2. The third kappa shape index (κ3) is 5.51. The molecule has 3 aromatic carbocycles. The van der Waals surface area contributed by atoms with Crippen molar-refractivity contribution in [3.63, 3.8) is 0 Å². The first-order chi connectivity index (χ1) is 14.5. The Bertz CT molecular complexity index is 1070. The topological polar surface area (TPSA) is 46.2 Å². The zero-order valence-electron chi connectivity index (χ0n) is 17.1. The van der Waals surface area contributed by atoms with Crippen LogP contribution in [0.2, 0.25) is 0 Å². The highest BCUT2D eigenvalue weighted by atomic mass is 32.2. The molecular formula is C25H25NO2S2. The summed E-state index contributed by atoms with van der Waals surface area (Å²) in [5.41, 5.74) is 3.08. The summed E-state index contributed by atoms with van der Waals surface area (Å²) in [6.45, 7) is 7.78. The van der Waals surface area contributed by atoms with Crippen LogP contribution in [0, 0.1) is 13.8 Å². The third-order valence-corrected chi connectivity index (χ3v) is 7.26. The second kappa shape index (κ2) is 10.4. The zero-order chi connectivity index (χ0) is 21.5. The molecule has 0 aliphatic heterocycles. The molecule has 1 unspecified atom stereocenters. The van der Waals surface area contributed by atoms with Gasteiger partial charge in [-0.05, 0) is 49.8 Å². The van der Waals surface area contributed by atoms with Crippen LogP contribution in [-0.4, -0.2) is 8.42 Å². The van der Waals surface area contributed by atoms with Gasteiger partial charge in [-0.15, -0.1) is 0 Å². The lowest BCUT2D eigenvalue weighted by Gasteiger charge is -2.22. The van der Waals surface area contributed by atoms with E-state index < -0.39 is 27.8 Å². The maximum Gasteiger partial charge on any atom is 0.125 e. The highest BCUT2D eigenvalue weighted by Gasteiger charge is 2.24. The standard InChI is InChI=1S/C25H25NO2S2/c1-4-8-24(29(27)22-15-11-19(2)12-16-22)25(21-9-6-5-7-10-21)26-30(28)23-17-13-20(3)14-18-23/h4-18,25-26H,1H2,2-3H3/b24-8+/t25?,29-,30+/m0/s1. The first-order valence-corrected chi connectivity index (χ1v) is 11.9. The number of allylic oxidation sites excluding steroid dienone is 2. The normalized spacial score (nSPS) is 14.7. The fraction of sp³-hybridized carbons (Fsp3) is 0.120. The van der Waals surface area contributed by atoms with E-state index in [1.54, 1.807) is 12.2 Å². The molecule has 0 radical (unpaired) electrons. The second-order valence-electron chi connectivity index (χ2n) is 6.93. The number of benzene rings is 3. The van der Waals surface area contributed by atoms with Gasteiger partial charge in [-0.25, -0.2) is 13.1 Å². The van der Waals surface area contributed by atoms with Crippen LogP contribution in [0.25, 0.3) is 0 Å². The van der Waals surface area contributed by atoms with E-state index in [1.807, 2.05) is 92.7 Å². The minimum Gasteiger partial charge on any atom is -0.249 e. The molecule has 154 valence electrons. The molecule has 0 aliphatic rings. The fourth-order valence-corrected chi connectivity index (χ4v) is 5.31. The summed E-state index contributed by atoms with van der Waals surface area (Å²) >= 11 is 0. The van der Waals surface area contributed by atoms with Crippen LogP contribution < -0.4 is 4.72 Å². The summed E-state index contributed by atoms with van der Waals surface area (Å²) in [4.78, 5) is 1.96. The van der Waals surface area contributed by atoms with Crippen LogP contribution in [0.4, 0.5) is 0 Å². The van der Waals surface area contributed by atoms with Crippen molar-refractivity contribution in [2.24, 2.45) is 0 Å². The van der Waals surface area contributed by atoms with E-state index >= 15 is 0 Å². The van der Waals surface area contributed by atoms with Crippen molar-refractivity contribution in [3.05, 3.63) is 119 Å². The molecule has 3 nitrogen and oxygen atoms in total. The van der Waals surface area contributed by atoms with Gasteiger partial charge in [-0.2, -0.15) is 0 Å². The van der Waals surface area contributed by atoms with Crippen molar-refractivity contribution in [1.29, 1.82) is 0 Å². The van der Waals surface area contributed by atoms with Gasteiger partial charge in [0.05, 0.1) is 21.7 Å². The largest absolute Gasteiger partial charge is 0.249 e. The van der Waals surface area contributed by atoms with Crippen LogP contribution in [0.3, 0.4) is 0 Å². The SMILES string of the molecule is C=C/C=C(\C(N[S@](=O)c1ccc(C)cc1)c1ccccc1)[S@@](=O)c1ccc(C)cc1. The highest BCUT2D eigenvalue weighted by molar-refractivity contribution is 7.89. The van der Waals surface area contributed by atoms with Crippen molar-refractivity contribution < 1.29 is 8.42 Å². The molecule has 0 spiro atoms. The van der Waals surface area contributed by atoms with Gasteiger partial charge in [0.25, 0.3) is 0 Å². The summed E-state index contributed by atoms with van der Waals surface area (Å²) in [5.74, 6) is 0. The van der Waals surface area contributed by atoms with E-state index in [2.05, 4.69) is 11.3 Å². The summed E-state index contributed by atoms with van der Waals surface area (Å²) in [5, 5.41) is 0. The molecule has 0 heterocycles. The predicted molar refractivity (Wildman–Crippen MR) is 126 cm³/mol. The number of aryl methyl sites for hydroxylation is 2. The smallest absolute Gasteiger partial charge is 0.125 e. The number of hydrogen-bond donors (Lipinski definition) is 1. The van der Waals surface area contributed by atoms with Gasteiger partial charge in [0, 0.05) is 9.80 Å². The van der Waals surface area contributed by atoms with Crippen LogP contribution in [-0.2, 0) is 21.8 Å². The minimum atomic E-state index is -1.48. The van der Waals surface area contributed by atoms with Gasteiger partial charge in [-0.3, -0.25) is 0 Å². The van der Waals surface area contributed by atoms with Gasteiger partial charge in [0.15, 0.2) is 0 Å². The van der Waals surface area contributed by atoms with Crippen molar-refractivity contribution >= 4 is 21.8 Å². The molecule has 0 aromatic heterocycles. The molecule has 3 aromatic rings. The fourth-order valence-electron chi connectivity index (χ4n) is 2.95. The summed E-state index contributed by atoms with van der Waals surface area (Å²) in [6.07, 6.45) is 3.36. The number of rotatable bonds is 8. The Balaban J connectivity index is 2.00. The summed E-state index contributed by atoms with van der Waals surface area (Å²) in [7, 11) is -2.93. The van der Waals surface area contributed by atoms with Gasteiger partial charge in [-0.1, -0.05) is 78.4 Å². The molecule has 3 atom stereocenters. The predicted octanol–water partition coefficient (Wildman–Crippen LogP) is 5.53. The molecule has 0 fully saturated rings. The molecule has 1 N–H and O–H groups in total. The lowest BCUT2D eigenvalue weighted by molar-refractivity contribution is 0.658. The van der Waals surface area contributed by atoms with Crippen molar-refractivity contribution in [2.45, 2.75) is 29.7 Å². The lowest BCUT2D eigenvalue weighted by atomic mass is 10.1. The molecular weight excluding hydrogens is 410 g/mol. The maximum absolute atomic E-state index is 13.5. The van der Waals surface area contributed by atoms with E-state index in [-0.39, 0.29) is 0 Å². The van der Waals surface area contributed by atoms with Crippen molar-refractivity contribution in [3.8, 4) is 0 Å². The quantitative estimate of drug-likeness (QED) is 0.473. The highest BCUT2D eigenvalue weighted by Crippen LogP contribution is 2.29. The van der Waals surface area contributed by atoms with E-state index in [9.17, 15) is 8.42 Å². The average Bonchev–Trinajstić information content (AvgIpc) is 2.77. The molecule has 3 rings (SSSR count). The molecule has 30 heavy (non-hydrogen) atoms. The zero-order valence-corrected chi connectivity index (χ0v) is 18.7. The summed E-state index contributed by atoms with van der Waals surface area (Å²) in [6, 6.07) is 24.3. The minimum absolute atomic E-state index is 0.506. The van der Waals surface area contributed by atoms with Crippen LogP contribution in [0.1, 0.15) is 22.7 Å². The van der Waals surface area contributed by atoms with Gasteiger partial charge < -0.3 is 0 Å². The average molecular weight is 436 g/mol. The van der Waals surface area contributed by atoms with Crippen LogP contribution in [0.5, 0.6) is 0 Å². The Morgan fingerprint density at radius 1 is 0.833 bits per heavy atom. The Kier molecular flexibility index (Phi) is 7.69. The third-order valence-electron chi connectivity index (χ3n) is 4.61. The Labute approximate surface area is 183 Å². The Morgan fingerprint density at radius 2 is 1.37 bits per heavy atom. The van der Waals surface area contributed by atoms with E-state index in [1.165, 1.54) is 0 Å². The van der Waals surface area contributed by atoms with Gasteiger partial charge >= 0.3 is 0 Å². The first kappa shape index (κ1) is 22.1. The summed E-state index contributed by atoms with van der Waals surface area (Å²) < 4.78 is 29.8. The Morgan fingerprint density at radius 3 is 1.90 bits per heavy atom. The van der Waals surface area contributed by atoms with E-state index in [4.69, 9.17) is 0 Å². The second-order valence-corrected chi connectivity index (χ2v) is 9.65. The first-order valence-electron chi connectivity index (χ1n) is 9.60. The maximum atomic E-state index is 13.5.